The van der Waals surface area contributed by atoms with Gasteiger partial charge in [-0.3, -0.25) is 0 Å². The third kappa shape index (κ3) is 4.35. The molecule has 3 rings (SSSR count). The van der Waals surface area contributed by atoms with E-state index in [1.165, 1.54) is 36.9 Å². The number of rotatable bonds is 6. The molecule has 0 radical (unpaired) electrons. The molecule has 116 valence electrons. The number of benzene rings is 1. The van der Waals surface area contributed by atoms with Crippen molar-refractivity contribution in [3.63, 3.8) is 0 Å². The molecule has 1 saturated carbocycles. The maximum absolute atomic E-state index is 6.43. The number of halogens is 1. The summed E-state index contributed by atoms with van der Waals surface area (Å²) in [6.45, 7) is 3.73. The van der Waals surface area contributed by atoms with E-state index >= 15 is 0 Å². The van der Waals surface area contributed by atoms with Gasteiger partial charge < -0.3 is 15.0 Å². The fraction of sp³-hybridized carbons (Fsp3) is 0.647. The summed E-state index contributed by atoms with van der Waals surface area (Å²) < 4.78 is 5.56. The maximum atomic E-state index is 6.43. The molecule has 4 heteroatoms. The molecule has 3 nitrogen and oxygen atoms in total. The van der Waals surface area contributed by atoms with Gasteiger partial charge in [-0.25, -0.2) is 0 Å². The third-order valence-electron chi connectivity index (χ3n) is 4.42. The zero-order valence-corrected chi connectivity index (χ0v) is 13.5. The van der Waals surface area contributed by atoms with Crippen molar-refractivity contribution in [2.75, 3.05) is 31.7 Å². The Morgan fingerprint density at radius 3 is 2.86 bits per heavy atom. The summed E-state index contributed by atoms with van der Waals surface area (Å²) in [7, 11) is 2.14. The molecule has 1 N–H and O–H groups in total. The van der Waals surface area contributed by atoms with Gasteiger partial charge in [0.15, 0.2) is 0 Å². The summed E-state index contributed by atoms with van der Waals surface area (Å²) in [5.41, 5.74) is 2.39. The molecule has 1 unspecified atom stereocenters. The molecule has 1 heterocycles. The Labute approximate surface area is 132 Å². The zero-order chi connectivity index (χ0) is 14.7. The summed E-state index contributed by atoms with van der Waals surface area (Å²) in [6, 6.07) is 7.14. The molecule has 1 aliphatic heterocycles. The van der Waals surface area contributed by atoms with Gasteiger partial charge in [-0.1, -0.05) is 17.7 Å². The van der Waals surface area contributed by atoms with Crippen LogP contribution in [0.4, 0.5) is 5.69 Å². The minimum absolute atomic E-state index is 0.638. The van der Waals surface area contributed by atoms with E-state index in [9.17, 15) is 0 Å². The van der Waals surface area contributed by atoms with E-state index in [1.807, 2.05) is 0 Å². The molecule has 0 bridgehead atoms. The lowest BCUT2D eigenvalue weighted by Crippen LogP contribution is -2.30. The highest BCUT2D eigenvalue weighted by Gasteiger charge is 2.20. The van der Waals surface area contributed by atoms with Crippen LogP contribution in [0.5, 0.6) is 0 Å². The number of nitrogens with one attached hydrogen (secondary N) is 1. The number of anilines is 1. The Hall–Kier alpha value is -0.770. The summed E-state index contributed by atoms with van der Waals surface area (Å²) >= 11 is 6.43. The van der Waals surface area contributed by atoms with Crippen molar-refractivity contribution in [1.29, 1.82) is 0 Å². The molecule has 1 atom stereocenters. The van der Waals surface area contributed by atoms with E-state index in [2.05, 4.69) is 35.5 Å². The molecule has 1 saturated heterocycles. The second kappa shape index (κ2) is 6.99. The van der Waals surface area contributed by atoms with Gasteiger partial charge in [0.1, 0.15) is 0 Å². The van der Waals surface area contributed by atoms with Crippen LogP contribution < -0.4 is 10.2 Å². The van der Waals surface area contributed by atoms with E-state index in [4.69, 9.17) is 16.3 Å². The smallest absolute Gasteiger partial charge is 0.0511 e. The average Bonchev–Trinajstić information content (AvgIpc) is 3.31. The minimum atomic E-state index is 0.638. The summed E-state index contributed by atoms with van der Waals surface area (Å²) in [5, 5.41) is 4.38. The average molecular weight is 309 g/mol. The van der Waals surface area contributed by atoms with Crippen molar-refractivity contribution in [2.45, 2.75) is 38.3 Å². The largest absolute Gasteiger partial charge is 0.381 e. The van der Waals surface area contributed by atoms with Gasteiger partial charge in [0.2, 0.25) is 0 Å². The van der Waals surface area contributed by atoms with Crippen molar-refractivity contribution in [1.82, 2.24) is 5.32 Å². The monoisotopic (exact) mass is 308 g/mol. The summed E-state index contributed by atoms with van der Waals surface area (Å²) in [5.74, 6) is 0.638. The van der Waals surface area contributed by atoms with Gasteiger partial charge in [0, 0.05) is 43.5 Å². The van der Waals surface area contributed by atoms with Crippen LogP contribution >= 0.6 is 11.6 Å². The lowest BCUT2D eigenvalue weighted by molar-refractivity contribution is 0.0576. The Kier molecular flexibility index (Phi) is 5.04. The third-order valence-corrected chi connectivity index (χ3v) is 4.77. The van der Waals surface area contributed by atoms with Crippen molar-refractivity contribution < 1.29 is 4.74 Å². The Bertz CT molecular complexity index is 470. The van der Waals surface area contributed by atoms with Crippen molar-refractivity contribution in [3.05, 3.63) is 28.8 Å². The molecular weight excluding hydrogens is 284 g/mol. The van der Waals surface area contributed by atoms with Gasteiger partial charge in [-0.15, -0.1) is 0 Å². The topological polar surface area (TPSA) is 24.5 Å². The first kappa shape index (κ1) is 15.1. The van der Waals surface area contributed by atoms with Crippen LogP contribution in [0.3, 0.4) is 0 Å². The predicted octanol–water partition coefficient (Wildman–Crippen LogP) is 3.45. The predicted molar refractivity (Wildman–Crippen MR) is 88.1 cm³/mol. The van der Waals surface area contributed by atoms with Gasteiger partial charge in [0.05, 0.1) is 6.61 Å². The Morgan fingerprint density at radius 2 is 2.19 bits per heavy atom. The highest BCUT2D eigenvalue weighted by Crippen LogP contribution is 2.26. The van der Waals surface area contributed by atoms with Crippen molar-refractivity contribution >= 4 is 17.3 Å². The lowest BCUT2D eigenvalue weighted by Gasteiger charge is -2.28. The maximum Gasteiger partial charge on any atom is 0.0511 e. The SMILES string of the molecule is CN(CC1CCCOC1)c1ccc(CNC2CC2)c(Cl)c1. The fourth-order valence-corrected chi connectivity index (χ4v) is 3.14. The van der Waals surface area contributed by atoms with Crippen molar-refractivity contribution in [3.8, 4) is 0 Å². The lowest BCUT2D eigenvalue weighted by atomic mass is 10.0. The van der Waals surface area contributed by atoms with Crippen LogP contribution in [0.2, 0.25) is 5.02 Å². The quantitative estimate of drug-likeness (QED) is 0.871. The molecule has 0 spiro atoms. The first-order chi connectivity index (χ1) is 10.2. The molecule has 1 aromatic rings. The van der Waals surface area contributed by atoms with Gasteiger partial charge in [-0.2, -0.15) is 0 Å². The normalized spacial score (nSPS) is 22.3. The number of ether oxygens (including phenoxy) is 1. The Balaban J connectivity index is 1.57. The van der Waals surface area contributed by atoms with Crippen LogP contribution in [0.25, 0.3) is 0 Å². The van der Waals surface area contributed by atoms with Gasteiger partial charge in [-0.05, 0) is 49.3 Å². The van der Waals surface area contributed by atoms with Crippen molar-refractivity contribution in [2.24, 2.45) is 5.92 Å². The number of hydrogen-bond donors (Lipinski definition) is 1. The van der Waals surface area contributed by atoms with Crippen LogP contribution in [0.1, 0.15) is 31.2 Å². The highest BCUT2D eigenvalue weighted by molar-refractivity contribution is 6.31. The van der Waals surface area contributed by atoms with Gasteiger partial charge in [0.25, 0.3) is 0 Å². The first-order valence-electron chi connectivity index (χ1n) is 8.03. The van der Waals surface area contributed by atoms with Gasteiger partial charge >= 0.3 is 0 Å². The zero-order valence-electron chi connectivity index (χ0n) is 12.8. The van der Waals surface area contributed by atoms with E-state index in [0.29, 0.717) is 5.92 Å². The van der Waals surface area contributed by atoms with E-state index in [0.717, 1.165) is 37.4 Å². The van der Waals surface area contributed by atoms with Crippen LogP contribution in [0, 0.1) is 5.92 Å². The first-order valence-corrected chi connectivity index (χ1v) is 8.41. The number of nitrogens with zero attached hydrogens (tertiary/aromatic N) is 1. The molecule has 1 aromatic carbocycles. The Morgan fingerprint density at radius 1 is 1.33 bits per heavy atom. The van der Waals surface area contributed by atoms with E-state index in [1.54, 1.807) is 0 Å². The van der Waals surface area contributed by atoms with E-state index < -0.39 is 0 Å². The van der Waals surface area contributed by atoms with E-state index in [-0.39, 0.29) is 0 Å². The molecule has 2 fully saturated rings. The molecule has 1 aliphatic carbocycles. The molecule has 0 amide bonds. The molecular formula is C17H25ClN2O. The number of hydrogen-bond acceptors (Lipinski definition) is 3. The minimum Gasteiger partial charge on any atom is -0.381 e. The molecule has 2 aliphatic rings. The standard InChI is InChI=1S/C17H25ClN2O/c1-20(11-13-3-2-8-21-12-13)16-7-4-14(17(18)9-16)10-19-15-5-6-15/h4,7,9,13,15,19H,2-3,5-6,8,10-12H2,1H3. The van der Waals surface area contributed by atoms with Crippen LogP contribution in [0.15, 0.2) is 18.2 Å². The van der Waals surface area contributed by atoms with Crippen LogP contribution in [-0.2, 0) is 11.3 Å². The second-order valence-corrected chi connectivity index (χ2v) is 6.80. The second-order valence-electron chi connectivity index (χ2n) is 6.39. The molecule has 0 aromatic heterocycles. The highest BCUT2D eigenvalue weighted by atomic mass is 35.5. The van der Waals surface area contributed by atoms with Crippen LogP contribution in [-0.4, -0.2) is 32.8 Å². The summed E-state index contributed by atoms with van der Waals surface area (Å²) in [4.78, 5) is 2.29. The summed E-state index contributed by atoms with van der Waals surface area (Å²) in [6.07, 6.45) is 5.07. The molecule has 21 heavy (non-hydrogen) atoms. The fourth-order valence-electron chi connectivity index (χ4n) is 2.90.